The number of unbranched alkanes of at least 4 members (excludes halogenated alkanes) is 1. The van der Waals surface area contributed by atoms with Gasteiger partial charge in [0.25, 0.3) is 0 Å². The van der Waals surface area contributed by atoms with Crippen molar-refractivity contribution in [1.82, 2.24) is 10.2 Å². The molecule has 150 valence electrons. The third-order valence-corrected chi connectivity index (χ3v) is 6.17. The predicted molar refractivity (Wildman–Crippen MR) is 113 cm³/mol. The molecule has 1 saturated heterocycles. The average Bonchev–Trinajstić information content (AvgIpc) is 3.48. The molecular weight excluding hydrogens is 332 g/mol. The lowest BCUT2D eigenvalue weighted by atomic mass is 9.86. The van der Waals surface area contributed by atoms with E-state index in [1.165, 1.54) is 30.5 Å². The van der Waals surface area contributed by atoms with Crippen molar-refractivity contribution in [1.29, 1.82) is 0 Å². The van der Waals surface area contributed by atoms with Crippen LogP contribution in [-0.4, -0.2) is 36.5 Å². The number of benzene rings is 1. The van der Waals surface area contributed by atoms with Crippen molar-refractivity contribution in [2.45, 2.75) is 83.6 Å². The van der Waals surface area contributed by atoms with Gasteiger partial charge in [0.2, 0.25) is 5.91 Å². The van der Waals surface area contributed by atoms with Gasteiger partial charge in [0.15, 0.2) is 0 Å². The minimum absolute atomic E-state index is 0.214. The molecule has 2 fully saturated rings. The fourth-order valence-corrected chi connectivity index (χ4v) is 3.92. The van der Waals surface area contributed by atoms with Gasteiger partial charge in [-0.05, 0) is 74.0 Å². The van der Waals surface area contributed by atoms with Crippen molar-refractivity contribution in [2.24, 2.45) is 5.92 Å². The Morgan fingerprint density at radius 3 is 2.30 bits per heavy atom. The lowest BCUT2D eigenvalue weighted by Crippen LogP contribution is -2.45. The number of carbonyl (C=O) groups is 1. The van der Waals surface area contributed by atoms with E-state index >= 15 is 0 Å². The molecule has 0 radical (unpaired) electrons. The molecule has 1 aromatic rings. The fourth-order valence-electron chi connectivity index (χ4n) is 3.92. The molecule has 0 spiro atoms. The van der Waals surface area contributed by atoms with Crippen LogP contribution in [0.3, 0.4) is 0 Å². The maximum Gasteiger partial charge on any atom is 0.222 e. The van der Waals surface area contributed by atoms with Gasteiger partial charge in [0, 0.05) is 25.6 Å². The predicted octanol–water partition coefficient (Wildman–Crippen LogP) is 4.69. The van der Waals surface area contributed by atoms with E-state index in [0.29, 0.717) is 18.4 Å². The standard InChI is InChI=1S/C24H38N2O/c1-24(2,3)21-12-10-19(11-13-21)6-4-5-7-23(27)26-16-14-22(15-17-26)25-18-20-8-9-20/h10-13,20,22,25H,4-9,14-18H2,1-3H3. The Morgan fingerprint density at radius 1 is 1.04 bits per heavy atom. The van der Waals surface area contributed by atoms with Crippen LogP contribution in [0.4, 0.5) is 0 Å². The first-order valence-corrected chi connectivity index (χ1v) is 11.0. The van der Waals surface area contributed by atoms with Crippen LogP contribution in [0.25, 0.3) is 0 Å². The molecule has 1 N–H and O–H groups in total. The number of nitrogens with one attached hydrogen (secondary N) is 1. The zero-order valence-corrected chi connectivity index (χ0v) is 17.6. The normalized spacial score (nSPS) is 18.7. The summed E-state index contributed by atoms with van der Waals surface area (Å²) in [6.07, 6.45) is 8.94. The van der Waals surface area contributed by atoms with E-state index in [9.17, 15) is 4.79 Å². The zero-order chi connectivity index (χ0) is 19.3. The lowest BCUT2D eigenvalue weighted by Gasteiger charge is -2.32. The molecule has 3 nitrogen and oxygen atoms in total. The molecule has 1 aliphatic carbocycles. The molecule has 1 amide bonds. The minimum atomic E-state index is 0.214. The van der Waals surface area contributed by atoms with E-state index in [-0.39, 0.29) is 5.41 Å². The Morgan fingerprint density at radius 2 is 1.70 bits per heavy atom. The van der Waals surface area contributed by atoms with Gasteiger partial charge in [0.1, 0.15) is 0 Å². The van der Waals surface area contributed by atoms with Crippen LogP contribution < -0.4 is 5.32 Å². The van der Waals surface area contributed by atoms with Crippen molar-refractivity contribution < 1.29 is 4.79 Å². The van der Waals surface area contributed by atoms with E-state index in [4.69, 9.17) is 0 Å². The largest absolute Gasteiger partial charge is 0.343 e. The molecule has 0 unspecified atom stereocenters. The summed E-state index contributed by atoms with van der Waals surface area (Å²) in [5.41, 5.74) is 2.99. The topological polar surface area (TPSA) is 32.3 Å². The molecule has 1 saturated carbocycles. The molecule has 1 aliphatic heterocycles. The Labute approximate surface area is 165 Å². The highest BCUT2D eigenvalue weighted by atomic mass is 16.2. The first-order valence-electron chi connectivity index (χ1n) is 11.0. The van der Waals surface area contributed by atoms with Gasteiger partial charge in [-0.25, -0.2) is 0 Å². The van der Waals surface area contributed by atoms with E-state index < -0.39 is 0 Å². The smallest absolute Gasteiger partial charge is 0.222 e. The van der Waals surface area contributed by atoms with Gasteiger partial charge in [-0.15, -0.1) is 0 Å². The molecule has 0 aromatic heterocycles. The summed E-state index contributed by atoms with van der Waals surface area (Å²) in [7, 11) is 0. The number of piperidine rings is 1. The first kappa shape index (κ1) is 20.4. The Balaban J connectivity index is 1.29. The van der Waals surface area contributed by atoms with E-state index in [0.717, 1.165) is 51.1 Å². The second-order valence-corrected chi connectivity index (χ2v) is 9.66. The number of rotatable bonds is 8. The number of hydrogen-bond donors (Lipinski definition) is 1. The summed E-state index contributed by atoms with van der Waals surface area (Å²) in [5.74, 6) is 1.30. The number of carbonyl (C=O) groups excluding carboxylic acids is 1. The highest BCUT2D eigenvalue weighted by molar-refractivity contribution is 5.76. The number of aryl methyl sites for hydroxylation is 1. The fraction of sp³-hybridized carbons (Fsp3) is 0.708. The summed E-state index contributed by atoms with van der Waals surface area (Å²) in [5, 5.41) is 3.69. The van der Waals surface area contributed by atoms with Gasteiger partial charge >= 0.3 is 0 Å². The maximum atomic E-state index is 12.5. The van der Waals surface area contributed by atoms with Crippen LogP contribution in [0.15, 0.2) is 24.3 Å². The second kappa shape index (κ2) is 9.23. The van der Waals surface area contributed by atoms with Crippen molar-refractivity contribution in [2.75, 3.05) is 19.6 Å². The van der Waals surface area contributed by atoms with E-state index in [1.54, 1.807) is 0 Å². The molecule has 0 bridgehead atoms. The molecule has 1 aromatic carbocycles. The van der Waals surface area contributed by atoms with Crippen LogP contribution in [-0.2, 0) is 16.6 Å². The molecule has 3 rings (SSSR count). The van der Waals surface area contributed by atoms with Crippen LogP contribution in [0.5, 0.6) is 0 Å². The average molecular weight is 371 g/mol. The van der Waals surface area contributed by atoms with Crippen molar-refractivity contribution in [3.8, 4) is 0 Å². The second-order valence-electron chi connectivity index (χ2n) is 9.66. The highest BCUT2D eigenvalue weighted by Crippen LogP contribution is 2.28. The third-order valence-electron chi connectivity index (χ3n) is 6.17. The molecule has 3 heteroatoms. The minimum Gasteiger partial charge on any atom is -0.343 e. The Bertz CT molecular complexity index is 590. The quantitative estimate of drug-likeness (QED) is 0.674. The summed E-state index contributed by atoms with van der Waals surface area (Å²) in [4.78, 5) is 14.5. The van der Waals surface area contributed by atoms with Gasteiger partial charge in [0.05, 0.1) is 0 Å². The van der Waals surface area contributed by atoms with E-state index in [1.807, 2.05) is 0 Å². The molecule has 2 aliphatic rings. The monoisotopic (exact) mass is 370 g/mol. The number of likely N-dealkylation sites (tertiary alicyclic amines) is 1. The van der Waals surface area contributed by atoms with Crippen LogP contribution in [0, 0.1) is 5.92 Å². The molecule has 27 heavy (non-hydrogen) atoms. The molecule has 0 atom stereocenters. The molecule has 1 heterocycles. The van der Waals surface area contributed by atoms with Gasteiger partial charge in [-0.3, -0.25) is 4.79 Å². The third kappa shape index (κ3) is 6.64. The number of hydrogen-bond acceptors (Lipinski definition) is 2. The molecular formula is C24H38N2O. The van der Waals surface area contributed by atoms with Gasteiger partial charge < -0.3 is 10.2 Å². The van der Waals surface area contributed by atoms with Crippen molar-refractivity contribution in [3.63, 3.8) is 0 Å². The highest BCUT2D eigenvalue weighted by Gasteiger charge is 2.25. The van der Waals surface area contributed by atoms with Crippen LogP contribution in [0.2, 0.25) is 0 Å². The van der Waals surface area contributed by atoms with Crippen molar-refractivity contribution >= 4 is 5.91 Å². The summed E-state index contributed by atoms with van der Waals surface area (Å²) in [6, 6.07) is 9.64. The Hall–Kier alpha value is -1.35. The first-order chi connectivity index (χ1) is 12.9. The summed E-state index contributed by atoms with van der Waals surface area (Å²) >= 11 is 0. The maximum absolute atomic E-state index is 12.5. The zero-order valence-electron chi connectivity index (χ0n) is 17.6. The summed E-state index contributed by atoms with van der Waals surface area (Å²) in [6.45, 7) is 9.82. The summed E-state index contributed by atoms with van der Waals surface area (Å²) < 4.78 is 0. The van der Waals surface area contributed by atoms with E-state index in [2.05, 4.69) is 55.3 Å². The van der Waals surface area contributed by atoms with Gasteiger partial charge in [-0.1, -0.05) is 45.0 Å². The van der Waals surface area contributed by atoms with Crippen molar-refractivity contribution in [3.05, 3.63) is 35.4 Å². The van der Waals surface area contributed by atoms with Gasteiger partial charge in [-0.2, -0.15) is 0 Å². The number of nitrogens with zero attached hydrogens (tertiary/aromatic N) is 1. The Kier molecular flexibility index (Phi) is 6.97. The number of amides is 1. The van der Waals surface area contributed by atoms with Crippen LogP contribution in [0.1, 0.15) is 76.8 Å². The van der Waals surface area contributed by atoms with Crippen LogP contribution >= 0.6 is 0 Å². The lowest BCUT2D eigenvalue weighted by molar-refractivity contribution is -0.132. The SMILES string of the molecule is CC(C)(C)c1ccc(CCCCC(=O)N2CCC(NCC3CC3)CC2)cc1.